The lowest BCUT2D eigenvalue weighted by molar-refractivity contribution is -0.139. The minimum Gasteiger partial charge on any atom is -0.462 e. The van der Waals surface area contributed by atoms with E-state index >= 15 is 0 Å². The van der Waals surface area contributed by atoms with Crippen molar-refractivity contribution in [3.8, 4) is 0 Å². The highest BCUT2D eigenvalue weighted by atomic mass is 35.5. The third kappa shape index (κ3) is 4.49. The smallest absolute Gasteiger partial charge is 0.333 e. The highest BCUT2D eigenvalue weighted by Gasteiger charge is 2.02. The highest BCUT2D eigenvalue weighted by molar-refractivity contribution is 6.30. The molecule has 1 aromatic carbocycles. The first kappa shape index (κ1) is 12.8. The lowest BCUT2D eigenvalue weighted by Crippen LogP contribution is -2.06. The van der Waals surface area contributed by atoms with Crippen LogP contribution in [0.4, 0.5) is 0 Å². The van der Waals surface area contributed by atoms with Gasteiger partial charge in [0.25, 0.3) is 0 Å². The third-order valence-corrected chi connectivity index (χ3v) is 2.32. The Bertz CT molecular complexity index is 385. The van der Waals surface area contributed by atoms with Crippen LogP contribution in [0.25, 0.3) is 0 Å². The molecule has 0 fully saturated rings. The molecule has 0 saturated heterocycles. The van der Waals surface area contributed by atoms with Gasteiger partial charge in [-0.25, -0.2) is 4.79 Å². The van der Waals surface area contributed by atoms with E-state index < -0.39 is 0 Å². The number of ether oxygens (including phenoxy) is 1. The molecule has 0 bridgehead atoms. The van der Waals surface area contributed by atoms with E-state index in [4.69, 9.17) is 16.3 Å². The molecule has 86 valence electrons. The molecule has 0 aliphatic rings. The molecule has 16 heavy (non-hydrogen) atoms. The summed E-state index contributed by atoms with van der Waals surface area (Å²) in [6, 6.07) is 7.68. The fourth-order valence-electron chi connectivity index (χ4n) is 1.26. The Kier molecular flexibility index (Phi) is 5.06. The number of hydrogen-bond donors (Lipinski definition) is 0. The topological polar surface area (TPSA) is 26.3 Å². The number of esters is 1. The molecule has 0 aromatic heterocycles. The van der Waals surface area contributed by atoms with Crippen molar-refractivity contribution in [1.29, 1.82) is 0 Å². The predicted molar refractivity (Wildman–Crippen MR) is 65.5 cm³/mol. The number of hydrogen-bond acceptors (Lipinski definition) is 2. The molecular weight excluding hydrogens is 224 g/mol. The second-order valence-electron chi connectivity index (χ2n) is 3.65. The summed E-state index contributed by atoms with van der Waals surface area (Å²) in [5, 5.41) is 0.733. The first-order valence-corrected chi connectivity index (χ1v) is 5.54. The van der Waals surface area contributed by atoms with Crippen molar-refractivity contribution in [3.63, 3.8) is 0 Å². The summed E-state index contributed by atoms with van der Waals surface area (Å²) in [5.74, 6) is -0.328. The molecule has 0 N–H and O–H groups in total. The maximum absolute atomic E-state index is 11.1. The normalized spacial score (nSPS) is 9.88. The van der Waals surface area contributed by atoms with E-state index in [9.17, 15) is 4.79 Å². The number of benzene rings is 1. The van der Waals surface area contributed by atoms with Crippen LogP contribution in [0, 0.1) is 0 Å². The van der Waals surface area contributed by atoms with Crippen molar-refractivity contribution in [2.24, 2.45) is 0 Å². The zero-order valence-corrected chi connectivity index (χ0v) is 10.1. The van der Waals surface area contributed by atoms with Crippen LogP contribution in [0.1, 0.15) is 18.9 Å². The van der Waals surface area contributed by atoms with Crippen molar-refractivity contribution in [3.05, 3.63) is 47.0 Å². The first-order chi connectivity index (χ1) is 7.59. The van der Waals surface area contributed by atoms with E-state index in [2.05, 4.69) is 6.58 Å². The van der Waals surface area contributed by atoms with Gasteiger partial charge in [-0.1, -0.05) is 30.3 Å². The van der Waals surface area contributed by atoms with E-state index in [0.29, 0.717) is 12.2 Å². The SMILES string of the molecule is C=C(C)C(=O)OCCCc1cccc(Cl)c1. The summed E-state index contributed by atoms with van der Waals surface area (Å²) < 4.78 is 4.98. The molecule has 2 nitrogen and oxygen atoms in total. The molecule has 0 saturated carbocycles. The van der Waals surface area contributed by atoms with E-state index in [1.165, 1.54) is 0 Å². The number of carbonyl (C=O) groups is 1. The van der Waals surface area contributed by atoms with Crippen LogP contribution in [-0.4, -0.2) is 12.6 Å². The molecule has 0 atom stereocenters. The summed E-state index contributed by atoms with van der Waals surface area (Å²) in [6.07, 6.45) is 1.64. The molecule has 0 unspecified atom stereocenters. The van der Waals surface area contributed by atoms with Crippen molar-refractivity contribution in [2.75, 3.05) is 6.61 Å². The average molecular weight is 239 g/mol. The van der Waals surface area contributed by atoms with Gasteiger partial charge in [0.2, 0.25) is 0 Å². The van der Waals surface area contributed by atoms with Crippen LogP contribution < -0.4 is 0 Å². The Labute approximate surface area is 101 Å². The average Bonchev–Trinajstić information content (AvgIpc) is 2.24. The van der Waals surface area contributed by atoms with E-state index in [0.717, 1.165) is 23.4 Å². The van der Waals surface area contributed by atoms with Crippen LogP contribution in [0.15, 0.2) is 36.4 Å². The van der Waals surface area contributed by atoms with Gasteiger partial charge in [-0.3, -0.25) is 0 Å². The fraction of sp³-hybridized carbons (Fsp3) is 0.308. The number of halogens is 1. The largest absolute Gasteiger partial charge is 0.462 e. The van der Waals surface area contributed by atoms with Crippen molar-refractivity contribution >= 4 is 17.6 Å². The van der Waals surface area contributed by atoms with Crippen LogP contribution in [0.3, 0.4) is 0 Å². The maximum Gasteiger partial charge on any atom is 0.333 e. The van der Waals surface area contributed by atoms with Crippen LogP contribution >= 0.6 is 11.6 Å². The van der Waals surface area contributed by atoms with Gasteiger partial charge in [0.15, 0.2) is 0 Å². The molecule has 0 radical (unpaired) electrons. The number of rotatable bonds is 5. The number of aryl methyl sites for hydroxylation is 1. The fourth-order valence-corrected chi connectivity index (χ4v) is 1.47. The Morgan fingerprint density at radius 2 is 2.25 bits per heavy atom. The Morgan fingerprint density at radius 3 is 2.88 bits per heavy atom. The lowest BCUT2D eigenvalue weighted by Gasteiger charge is -2.04. The number of carbonyl (C=O) groups excluding carboxylic acids is 1. The summed E-state index contributed by atoms with van der Waals surface area (Å²) in [5.41, 5.74) is 1.58. The summed E-state index contributed by atoms with van der Waals surface area (Å²) >= 11 is 5.85. The Morgan fingerprint density at radius 1 is 1.50 bits per heavy atom. The summed E-state index contributed by atoms with van der Waals surface area (Å²) in [7, 11) is 0. The van der Waals surface area contributed by atoms with Crippen LogP contribution in [0.2, 0.25) is 5.02 Å². The van der Waals surface area contributed by atoms with Crippen LogP contribution in [-0.2, 0) is 16.0 Å². The summed E-state index contributed by atoms with van der Waals surface area (Å²) in [4.78, 5) is 11.1. The van der Waals surface area contributed by atoms with Gasteiger partial charge in [0.1, 0.15) is 0 Å². The Hall–Kier alpha value is -1.28. The molecule has 0 aliphatic carbocycles. The predicted octanol–water partition coefficient (Wildman–Crippen LogP) is 3.39. The van der Waals surface area contributed by atoms with Crippen LogP contribution in [0.5, 0.6) is 0 Å². The minimum atomic E-state index is -0.328. The van der Waals surface area contributed by atoms with Crippen molar-refractivity contribution < 1.29 is 9.53 Å². The lowest BCUT2D eigenvalue weighted by atomic mass is 10.1. The Balaban J connectivity index is 2.26. The van der Waals surface area contributed by atoms with Gasteiger partial charge in [0, 0.05) is 10.6 Å². The van der Waals surface area contributed by atoms with Gasteiger partial charge in [-0.15, -0.1) is 0 Å². The van der Waals surface area contributed by atoms with Crippen molar-refractivity contribution in [2.45, 2.75) is 19.8 Å². The van der Waals surface area contributed by atoms with Gasteiger partial charge in [-0.05, 0) is 37.5 Å². The molecule has 1 rings (SSSR count). The quantitative estimate of drug-likeness (QED) is 0.447. The molecule has 0 heterocycles. The molecule has 0 amide bonds. The molecule has 0 spiro atoms. The second kappa shape index (κ2) is 6.33. The molecule has 0 aliphatic heterocycles. The summed E-state index contributed by atoms with van der Waals surface area (Å²) in [6.45, 7) is 5.56. The van der Waals surface area contributed by atoms with Crippen molar-refractivity contribution in [1.82, 2.24) is 0 Å². The zero-order valence-electron chi connectivity index (χ0n) is 9.33. The first-order valence-electron chi connectivity index (χ1n) is 5.16. The molecule has 3 heteroatoms. The molecular formula is C13H15ClO2. The standard InChI is InChI=1S/C13H15ClO2/c1-10(2)13(15)16-8-4-6-11-5-3-7-12(14)9-11/h3,5,7,9H,1,4,6,8H2,2H3. The van der Waals surface area contributed by atoms with Gasteiger partial charge >= 0.3 is 5.97 Å². The van der Waals surface area contributed by atoms with E-state index in [1.54, 1.807) is 6.92 Å². The zero-order chi connectivity index (χ0) is 12.0. The van der Waals surface area contributed by atoms with E-state index in [1.807, 2.05) is 24.3 Å². The van der Waals surface area contributed by atoms with E-state index in [-0.39, 0.29) is 5.97 Å². The third-order valence-electron chi connectivity index (χ3n) is 2.08. The maximum atomic E-state index is 11.1. The monoisotopic (exact) mass is 238 g/mol. The minimum absolute atomic E-state index is 0.328. The second-order valence-corrected chi connectivity index (χ2v) is 4.09. The van der Waals surface area contributed by atoms with Gasteiger partial charge in [-0.2, -0.15) is 0 Å². The molecule has 1 aromatic rings. The van der Waals surface area contributed by atoms with Gasteiger partial charge in [0.05, 0.1) is 6.61 Å². The van der Waals surface area contributed by atoms with Gasteiger partial charge < -0.3 is 4.74 Å². The highest BCUT2D eigenvalue weighted by Crippen LogP contribution is 2.12.